The first-order valence-electron chi connectivity index (χ1n) is 14.6. The molecule has 0 bridgehead atoms. The molecular weight excluding hydrogens is 609 g/mol. The van der Waals surface area contributed by atoms with Gasteiger partial charge in [-0.1, -0.05) is 96.7 Å². The fourth-order valence-corrected chi connectivity index (χ4v) is 7.09. The molecule has 11 heteroatoms. The molecule has 0 aliphatic carbocycles. The number of hydrogen-bond donors (Lipinski definition) is 2. The van der Waals surface area contributed by atoms with Crippen LogP contribution in [0.25, 0.3) is 11.1 Å². The lowest BCUT2D eigenvalue weighted by atomic mass is 9.99. The number of thioether (sulfide) groups is 1. The highest BCUT2D eigenvalue weighted by molar-refractivity contribution is 7.99. The van der Waals surface area contributed by atoms with Crippen LogP contribution in [-0.4, -0.2) is 40.1 Å². The van der Waals surface area contributed by atoms with E-state index in [9.17, 15) is 13.5 Å². The molecule has 2 N–H and O–H groups in total. The first kappa shape index (κ1) is 31.2. The van der Waals surface area contributed by atoms with E-state index in [1.54, 1.807) is 48.4 Å². The summed E-state index contributed by atoms with van der Waals surface area (Å²) in [6, 6.07) is 32.1. The van der Waals surface area contributed by atoms with E-state index in [1.165, 1.54) is 0 Å². The number of nitrogens with one attached hydrogen (secondary N) is 1. The molecule has 45 heavy (non-hydrogen) atoms. The molecule has 1 saturated heterocycles. The van der Waals surface area contributed by atoms with E-state index in [0.717, 1.165) is 38.5 Å². The van der Waals surface area contributed by atoms with Gasteiger partial charge in [0.05, 0.1) is 23.7 Å². The third kappa shape index (κ3) is 7.70. The number of rotatable bonds is 11. The molecule has 0 spiro atoms. The van der Waals surface area contributed by atoms with Crippen molar-refractivity contribution in [1.82, 2.24) is 19.5 Å². The van der Waals surface area contributed by atoms with Crippen molar-refractivity contribution in [2.24, 2.45) is 7.05 Å². The van der Waals surface area contributed by atoms with Crippen molar-refractivity contribution >= 4 is 21.8 Å². The van der Waals surface area contributed by atoms with Crippen molar-refractivity contribution < 1.29 is 23.0 Å². The van der Waals surface area contributed by atoms with Crippen LogP contribution in [0.3, 0.4) is 0 Å². The maximum atomic E-state index is 12.7. The topological polar surface area (TPSA) is 116 Å². The summed E-state index contributed by atoms with van der Waals surface area (Å²) < 4.78 is 42.9. The van der Waals surface area contributed by atoms with Crippen LogP contribution in [0.5, 0.6) is 0 Å². The Hall–Kier alpha value is -3.84. The van der Waals surface area contributed by atoms with Crippen LogP contribution in [0.4, 0.5) is 0 Å². The normalized spacial score (nSPS) is 18.6. The second-order valence-corrected chi connectivity index (χ2v) is 13.6. The lowest BCUT2D eigenvalue weighted by Crippen LogP contribution is -2.31. The third-order valence-corrected chi connectivity index (χ3v) is 10.2. The van der Waals surface area contributed by atoms with Crippen LogP contribution in [0.15, 0.2) is 120 Å². The van der Waals surface area contributed by atoms with Crippen LogP contribution in [0.2, 0.25) is 0 Å². The second kappa shape index (κ2) is 14.1. The van der Waals surface area contributed by atoms with Crippen molar-refractivity contribution in [2.75, 3.05) is 5.75 Å². The summed E-state index contributed by atoms with van der Waals surface area (Å²) in [5.74, 6) is 0.691. The predicted octanol–water partition coefficient (Wildman–Crippen LogP) is 5.79. The minimum absolute atomic E-state index is 0.00688. The number of hydrogen-bond acceptors (Lipinski definition) is 8. The zero-order chi connectivity index (χ0) is 31.2. The van der Waals surface area contributed by atoms with Crippen molar-refractivity contribution in [3.8, 4) is 11.1 Å². The molecule has 6 rings (SSSR count). The molecule has 4 aromatic carbocycles. The van der Waals surface area contributed by atoms with Gasteiger partial charge >= 0.3 is 0 Å². The minimum atomic E-state index is -3.60. The van der Waals surface area contributed by atoms with E-state index in [-0.39, 0.29) is 30.3 Å². The summed E-state index contributed by atoms with van der Waals surface area (Å²) in [4.78, 5) is 0.239. The Balaban J connectivity index is 1.17. The van der Waals surface area contributed by atoms with Crippen LogP contribution >= 0.6 is 11.8 Å². The Morgan fingerprint density at radius 3 is 2.36 bits per heavy atom. The van der Waals surface area contributed by atoms with E-state index in [1.807, 2.05) is 84.4 Å². The Morgan fingerprint density at radius 1 is 0.889 bits per heavy atom. The summed E-state index contributed by atoms with van der Waals surface area (Å²) in [7, 11) is -1.69. The van der Waals surface area contributed by atoms with Crippen LogP contribution in [0, 0.1) is 0 Å². The molecule has 232 valence electrons. The van der Waals surface area contributed by atoms with Crippen molar-refractivity contribution in [1.29, 1.82) is 0 Å². The molecule has 1 aliphatic rings. The van der Waals surface area contributed by atoms with Gasteiger partial charge in [0.15, 0.2) is 11.4 Å². The number of benzene rings is 4. The van der Waals surface area contributed by atoms with Gasteiger partial charge in [-0.05, 0) is 46.0 Å². The van der Waals surface area contributed by atoms with Crippen molar-refractivity contribution in [3.63, 3.8) is 0 Å². The maximum Gasteiger partial charge on any atom is 0.240 e. The summed E-state index contributed by atoms with van der Waals surface area (Å²) in [6.07, 6.45) is 1.52. The third-order valence-electron chi connectivity index (χ3n) is 7.65. The highest BCUT2D eigenvalue weighted by atomic mass is 32.2. The SMILES string of the molecule is Cn1cnnc1SC[C@@H]1C[C@H](c2ccc(CO)cc2)O[C@H](c2ccc(-c3cccc(CNS(=O)(=O)c4ccccc4)c3)cc2)O1. The Kier molecular flexibility index (Phi) is 9.74. The Morgan fingerprint density at radius 2 is 1.64 bits per heavy atom. The first-order valence-corrected chi connectivity index (χ1v) is 17.1. The number of ether oxygens (including phenoxy) is 2. The van der Waals surface area contributed by atoms with Gasteiger partial charge < -0.3 is 19.1 Å². The van der Waals surface area contributed by atoms with Crippen LogP contribution in [-0.2, 0) is 39.7 Å². The maximum absolute atomic E-state index is 12.7. The number of aromatic nitrogens is 3. The summed E-state index contributed by atoms with van der Waals surface area (Å²) >= 11 is 1.60. The number of aryl methyl sites for hydroxylation is 1. The molecule has 0 saturated carbocycles. The second-order valence-electron chi connectivity index (χ2n) is 10.8. The van der Waals surface area contributed by atoms with Gasteiger partial charge in [0.2, 0.25) is 10.0 Å². The molecule has 1 fully saturated rings. The van der Waals surface area contributed by atoms with E-state index in [2.05, 4.69) is 14.9 Å². The van der Waals surface area contributed by atoms with Gasteiger partial charge in [-0.15, -0.1) is 10.2 Å². The molecule has 2 heterocycles. The largest absolute Gasteiger partial charge is 0.392 e. The lowest BCUT2D eigenvalue weighted by molar-refractivity contribution is -0.245. The number of nitrogens with zero attached hydrogens (tertiary/aromatic N) is 3. The quantitative estimate of drug-likeness (QED) is 0.174. The summed E-state index contributed by atoms with van der Waals surface area (Å²) in [6.45, 7) is 0.175. The van der Waals surface area contributed by atoms with Crippen LogP contribution < -0.4 is 4.72 Å². The van der Waals surface area contributed by atoms with E-state index < -0.39 is 16.3 Å². The zero-order valence-corrected chi connectivity index (χ0v) is 26.3. The van der Waals surface area contributed by atoms with Gasteiger partial charge in [0.1, 0.15) is 6.33 Å². The molecule has 0 unspecified atom stereocenters. The fourth-order valence-electron chi connectivity index (χ4n) is 5.15. The highest BCUT2D eigenvalue weighted by Gasteiger charge is 2.32. The molecular formula is C34H34N4O5S2. The van der Waals surface area contributed by atoms with E-state index in [4.69, 9.17) is 9.47 Å². The Labute approximate surface area is 267 Å². The average Bonchev–Trinajstić information content (AvgIpc) is 3.51. The highest BCUT2D eigenvalue weighted by Crippen LogP contribution is 2.39. The molecule has 5 aromatic rings. The molecule has 1 aliphatic heterocycles. The molecule has 0 amide bonds. The molecule has 9 nitrogen and oxygen atoms in total. The van der Waals surface area contributed by atoms with Crippen molar-refractivity contribution in [2.45, 2.75) is 48.1 Å². The minimum Gasteiger partial charge on any atom is -0.392 e. The van der Waals surface area contributed by atoms with E-state index >= 15 is 0 Å². The smallest absolute Gasteiger partial charge is 0.240 e. The monoisotopic (exact) mass is 642 g/mol. The van der Waals surface area contributed by atoms with Gasteiger partial charge in [-0.25, -0.2) is 13.1 Å². The van der Waals surface area contributed by atoms with Crippen molar-refractivity contribution in [3.05, 3.63) is 132 Å². The number of aliphatic hydroxyl groups excluding tert-OH is 1. The Bertz CT molecular complexity index is 1810. The molecule has 1 aromatic heterocycles. The lowest BCUT2D eigenvalue weighted by Gasteiger charge is -2.36. The summed E-state index contributed by atoms with van der Waals surface area (Å²) in [5, 5.41) is 18.5. The fraction of sp³-hybridized carbons (Fsp3) is 0.235. The van der Waals surface area contributed by atoms with Gasteiger partial charge in [-0.2, -0.15) is 0 Å². The number of sulfonamides is 1. The molecule has 0 radical (unpaired) electrons. The van der Waals surface area contributed by atoms with Crippen LogP contribution in [0.1, 0.15) is 41.1 Å². The predicted molar refractivity (Wildman–Crippen MR) is 172 cm³/mol. The van der Waals surface area contributed by atoms with Gasteiger partial charge in [0, 0.05) is 31.3 Å². The number of aliphatic hydroxyl groups is 1. The standard InChI is InChI=1S/C34H34N4O5S2/c1-38-23-35-37-34(38)44-22-30-19-32(27-12-10-24(21-39)11-13-27)43-33(42-30)28-16-14-26(15-17-28)29-7-5-6-25(18-29)20-36-45(40,41)31-8-3-2-4-9-31/h2-18,23,30,32-33,36,39H,19-22H2,1H3/t30-,32+,33+/m0/s1. The van der Waals surface area contributed by atoms with E-state index in [0.29, 0.717) is 12.2 Å². The molecule has 3 atom stereocenters. The van der Waals surface area contributed by atoms with Gasteiger partial charge in [-0.3, -0.25) is 0 Å². The average molecular weight is 643 g/mol. The summed E-state index contributed by atoms with van der Waals surface area (Å²) in [5.41, 5.74) is 5.61. The van der Waals surface area contributed by atoms with Gasteiger partial charge in [0.25, 0.3) is 0 Å². The zero-order valence-electron chi connectivity index (χ0n) is 24.7. The first-order chi connectivity index (χ1) is 21.9.